The van der Waals surface area contributed by atoms with Gasteiger partial charge in [-0.1, -0.05) is 95.9 Å². The maximum Gasteiger partial charge on any atom is 0.417 e. The molecule has 0 bridgehead atoms. The number of hydrogen-bond acceptors (Lipinski definition) is 15. The van der Waals surface area contributed by atoms with Crippen molar-refractivity contribution in [3.8, 4) is 0 Å². The number of alkyl halides is 12. The monoisotopic (exact) mass is 1630 g/mol. The molecule has 13 N–H and O–H groups in total. The van der Waals surface area contributed by atoms with E-state index in [0.717, 1.165) is 63.4 Å². The number of halogens is 12. The van der Waals surface area contributed by atoms with Crippen LogP contribution in [-0.2, 0) is 56.8 Å². The van der Waals surface area contributed by atoms with E-state index in [9.17, 15) is 81.5 Å². The number of carbonyl (C=O) groups excluding carboxylic acids is 6. The molecule has 0 saturated carbocycles. The first-order valence-electron chi connectivity index (χ1n) is 34.5. The van der Waals surface area contributed by atoms with E-state index < -0.39 is 92.5 Å². The summed E-state index contributed by atoms with van der Waals surface area (Å²) in [5.41, 5.74) is 32.7. The largest absolute Gasteiger partial charge is 0.417 e. The summed E-state index contributed by atoms with van der Waals surface area (Å²) in [6.45, 7) is 0. The van der Waals surface area contributed by atoms with Gasteiger partial charge in [-0.3, -0.25) is 28.8 Å². The molecule has 0 radical (unpaired) electrons. The molecule has 0 aliphatic rings. The van der Waals surface area contributed by atoms with Gasteiger partial charge >= 0.3 is 24.7 Å². The molecule has 0 aliphatic carbocycles. The van der Waals surface area contributed by atoms with Crippen LogP contribution in [0.1, 0.15) is 112 Å². The Kier molecular flexibility index (Phi) is 27.3. The zero-order valence-corrected chi connectivity index (χ0v) is 62.6. The fraction of sp³-hybridized carbons (Fsp3) is 0.103. The zero-order chi connectivity index (χ0) is 83.1. The molecule has 0 saturated heterocycles. The van der Waals surface area contributed by atoms with Crippen molar-refractivity contribution in [2.24, 2.45) is 0 Å². The standard InChI is InChI=1S/C30H22F6N2O2S.C29H21F6N3O2S.C28H24N2O2S/c31-29(32,33)25-15-19(37)7-9-23(25)27(39)13-17-3-1-5-21(11-17)41-22-6-2-4-18(12-22)14-28(40)24-10-8-20(38)16-26(24)30(34,35)36;30-28(31,32)24-14-17(36)4-10-22(24)26(39)13-16-2-1-3-21(12-16)41-20-8-6-19(7-9-20)38-27(40)23-11-5-18(37)15-25(23)29(33,34)35;29-23-11-7-21(8-12-23)27(31)17-19-3-1-5-25(15-19)33-26-6-2-4-20(16-26)18-28(32)22-9-13-24(30)14-10-22/h1-12,15-16H,13-14,37-38H2;1-12,14-15H,13,36-37H2,(H,38,40);1-16H,17-18,29-30H2. The van der Waals surface area contributed by atoms with E-state index in [1.807, 2.05) is 48.5 Å². The number of nitrogens with one attached hydrogen (secondary N) is 1. The Bertz CT molecular complexity index is 5370. The van der Waals surface area contributed by atoms with Gasteiger partial charge < -0.3 is 39.7 Å². The van der Waals surface area contributed by atoms with Crippen LogP contribution in [-0.4, -0.2) is 34.8 Å². The number of ketones is 5. The Morgan fingerprint density at radius 2 is 0.487 bits per heavy atom. The van der Waals surface area contributed by atoms with E-state index in [2.05, 4.69) is 5.32 Å². The number of rotatable bonds is 23. The molecule has 13 nitrogen and oxygen atoms in total. The minimum atomic E-state index is -4.77. The van der Waals surface area contributed by atoms with Crippen molar-refractivity contribution < 1.29 is 81.5 Å². The predicted octanol–water partition coefficient (Wildman–Crippen LogP) is 21.5. The summed E-state index contributed by atoms with van der Waals surface area (Å²) in [4.78, 5) is 80.8. The van der Waals surface area contributed by atoms with Crippen LogP contribution >= 0.6 is 35.3 Å². The molecule has 0 heterocycles. The number of nitrogens with two attached hydrogens (primary N) is 6. The van der Waals surface area contributed by atoms with Crippen molar-refractivity contribution >= 4 is 110 Å². The summed E-state index contributed by atoms with van der Waals surface area (Å²) in [5, 5.41) is 2.43. The lowest BCUT2D eigenvalue weighted by Gasteiger charge is -2.14. The first-order valence-corrected chi connectivity index (χ1v) is 37.0. The van der Waals surface area contributed by atoms with E-state index in [-0.39, 0.29) is 59.3 Å². The zero-order valence-electron chi connectivity index (χ0n) is 60.1. The highest BCUT2D eigenvalue weighted by molar-refractivity contribution is 7.99. The number of carbonyl (C=O) groups is 6. The summed E-state index contributed by atoms with van der Waals surface area (Å²) < 4.78 is 161. The molecule has 1 amide bonds. The molecular formula is C87H67F12N7O6S3. The molecule has 0 atom stereocenters. The number of Topliss-reactive ketones (excluding diaryl/α,β-unsaturated/α-hetero) is 5. The molecule has 12 aromatic rings. The average Bonchev–Trinajstić information content (AvgIpc) is 0.816. The van der Waals surface area contributed by atoms with E-state index in [0.29, 0.717) is 77.7 Å². The van der Waals surface area contributed by atoms with Crippen LogP contribution in [0, 0.1) is 0 Å². The molecule has 0 aliphatic heterocycles. The Balaban J connectivity index is 0.000000184. The van der Waals surface area contributed by atoms with Crippen LogP contribution in [0.3, 0.4) is 0 Å². The summed E-state index contributed by atoms with van der Waals surface area (Å²) in [5.74, 6) is -3.00. The maximum absolute atomic E-state index is 13.4. The van der Waals surface area contributed by atoms with Gasteiger partial charge in [-0.25, -0.2) is 0 Å². The third-order valence-electron chi connectivity index (χ3n) is 17.1. The second-order valence-electron chi connectivity index (χ2n) is 26.0. The van der Waals surface area contributed by atoms with Crippen molar-refractivity contribution in [2.75, 3.05) is 39.7 Å². The van der Waals surface area contributed by atoms with Crippen molar-refractivity contribution in [1.29, 1.82) is 0 Å². The van der Waals surface area contributed by atoms with Gasteiger partial charge in [0, 0.05) is 129 Å². The average molecular weight is 1630 g/mol. The topological polar surface area (TPSA) is 271 Å². The van der Waals surface area contributed by atoms with Crippen molar-refractivity contribution in [1.82, 2.24) is 0 Å². The predicted molar refractivity (Wildman–Crippen MR) is 424 cm³/mol. The van der Waals surface area contributed by atoms with Crippen LogP contribution in [0.2, 0.25) is 0 Å². The highest BCUT2D eigenvalue weighted by atomic mass is 32.2. The lowest BCUT2D eigenvalue weighted by molar-refractivity contribution is -0.138. The van der Waals surface area contributed by atoms with E-state index in [1.165, 1.54) is 59.9 Å². The van der Waals surface area contributed by atoms with E-state index >= 15 is 0 Å². The minimum absolute atomic E-state index is 0.0559. The van der Waals surface area contributed by atoms with Crippen LogP contribution in [0.15, 0.2) is 296 Å². The van der Waals surface area contributed by atoms with E-state index in [4.69, 9.17) is 34.4 Å². The molecule has 115 heavy (non-hydrogen) atoms. The van der Waals surface area contributed by atoms with Gasteiger partial charge in [0.05, 0.1) is 27.8 Å². The van der Waals surface area contributed by atoms with Crippen molar-refractivity contribution in [2.45, 2.75) is 86.2 Å². The fourth-order valence-corrected chi connectivity index (χ4v) is 14.5. The molecule has 0 unspecified atom stereocenters. The first kappa shape index (κ1) is 84.9. The summed E-state index contributed by atoms with van der Waals surface area (Å²) in [6, 6.07) is 68.3. The SMILES string of the molecule is Nc1ccc(C(=O)Cc2cccc(Sc3ccc(NC(=O)c4ccc(N)cc4C(F)(F)F)cc3)c2)c(C(F)(F)F)c1.Nc1ccc(C(=O)Cc2cccc(Sc3cccc(CC(=O)c4ccc(N)cc4)c3)c2)cc1.Nc1ccc(C(=O)Cc2cccc(Sc3cccc(CC(=O)c4ccc(N)cc4C(F)(F)F)c3)c2)c(C(F)(F)F)c1. The molecule has 0 fully saturated rings. The van der Waals surface area contributed by atoms with Crippen LogP contribution in [0.4, 0.5) is 92.5 Å². The van der Waals surface area contributed by atoms with Gasteiger partial charge in [-0.2, -0.15) is 52.7 Å². The number of anilines is 7. The van der Waals surface area contributed by atoms with Crippen LogP contribution in [0.25, 0.3) is 0 Å². The third kappa shape index (κ3) is 24.3. The van der Waals surface area contributed by atoms with Gasteiger partial charge in [-0.15, -0.1) is 0 Å². The smallest absolute Gasteiger partial charge is 0.399 e. The minimum Gasteiger partial charge on any atom is -0.399 e. The molecule has 12 aromatic carbocycles. The molecule has 28 heteroatoms. The summed E-state index contributed by atoms with van der Waals surface area (Å²) >= 11 is 4.16. The van der Waals surface area contributed by atoms with Gasteiger partial charge in [-0.05, 0) is 234 Å². The van der Waals surface area contributed by atoms with Crippen molar-refractivity contribution in [3.63, 3.8) is 0 Å². The van der Waals surface area contributed by atoms with E-state index in [1.54, 1.807) is 145 Å². The van der Waals surface area contributed by atoms with Gasteiger partial charge in [0.2, 0.25) is 0 Å². The second kappa shape index (κ2) is 37.0. The highest BCUT2D eigenvalue weighted by Gasteiger charge is 2.39. The van der Waals surface area contributed by atoms with Crippen LogP contribution < -0.4 is 39.7 Å². The molecular weight excluding hydrogens is 1560 g/mol. The summed E-state index contributed by atoms with van der Waals surface area (Å²) in [6.07, 6.45) is -19.2. The van der Waals surface area contributed by atoms with Gasteiger partial charge in [0.25, 0.3) is 5.91 Å². The van der Waals surface area contributed by atoms with Crippen LogP contribution in [0.5, 0.6) is 0 Å². The number of nitrogen functional groups attached to an aromatic ring is 6. The Hall–Kier alpha value is -12.5. The molecule has 12 rings (SSSR count). The number of hydrogen-bond donors (Lipinski definition) is 7. The Labute approximate surface area is 663 Å². The van der Waals surface area contributed by atoms with Gasteiger partial charge in [0.15, 0.2) is 28.9 Å². The van der Waals surface area contributed by atoms with Gasteiger partial charge in [0.1, 0.15) is 0 Å². The first-order chi connectivity index (χ1) is 54.4. The quantitative estimate of drug-likeness (QED) is 0.0178. The normalized spacial score (nSPS) is 11.5. The summed E-state index contributed by atoms with van der Waals surface area (Å²) in [7, 11) is 0. The third-order valence-corrected chi connectivity index (χ3v) is 20.1. The molecule has 0 aromatic heterocycles. The Morgan fingerprint density at radius 3 is 0.757 bits per heavy atom. The maximum atomic E-state index is 13.4. The molecule has 588 valence electrons. The second-order valence-corrected chi connectivity index (χ2v) is 29.4. The molecule has 0 spiro atoms. The fourth-order valence-electron chi connectivity index (χ4n) is 11.7. The lowest BCUT2D eigenvalue weighted by Crippen LogP contribution is -2.19. The van der Waals surface area contributed by atoms with Crippen molar-refractivity contribution in [3.05, 3.63) is 350 Å². The number of amides is 1. The Morgan fingerprint density at radius 1 is 0.252 bits per heavy atom. The lowest BCUT2D eigenvalue weighted by atomic mass is 9.97. The number of benzene rings is 12. The highest BCUT2D eigenvalue weighted by Crippen LogP contribution is 2.40.